The van der Waals surface area contributed by atoms with Crippen LogP contribution in [0.4, 0.5) is 0 Å². The Morgan fingerprint density at radius 2 is 2.00 bits per heavy atom. The summed E-state index contributed by atoms with van der Waals surface area (Å²) in [5, 5.41) is 9.48. The number of hydrogen-bond donors (Lipinski definition) is 1. The lowest BCUT2D eigenvalue weighted by Gasteiger charge is -2.23. The number of aliphatic carboxylic acids is 1. The third-order valence-electron chi connectivity index (χ3n) is 4.80. The molecule has 2 aliphatic rings. The summed E-state index contributed by atoms with van der Waals surface area (Å²) in [5.74, 6) is 0.381. The maximum atomic E-state index is 12.6. The quantitative estimate of drug-likeness (QED) is 0.826. The first kappa shape index (κ1) is 16.8. The number of carboxylic acids is 1. The van der Waals surface area contributed by atoms with Gasteiger partial charge in [-0.25, -0.2) is 0 Å². The maximum Gasteiger partial charge on any atom is 0.313 e. The number of hydrogen-bond acceptors (Lipinski definition) is 4. The molecule has 3 rings (SSSR count). The Bertz CT molecular complexity index is 610. The van der Waals surface area contributed by atoms with E-state index in [0.29, 0.717) is 24.4 Å². The molecule has 24 heavy (non-hydrogen) atoms. The molecule has 1 saturated heterocycles. The molecule has 1 unspecified atom stereocenters. The second-order valence-electron chi connectivity index (χ2n) is 6.77. The van der Waals surface area contributed by atoms with Crippen molar-refractivity contribution in [2.45, 2.75) is 19.3 Å². The van der Waals surface area contributed by atoms with Crippen LogP contribution in [-0.4, -0.2) is 55.3 Å². The van der Waals surface area contributed by atoms with Crippen LogP contribution in [-0.2, 0) is 9.53 Å². The molecule has 1 saturated carbocycles. The van der Waals surface area contributed by atoms with Crippen LogP contribution in [0.15, 0.2) is 24.3 Å². The number of carbonyl (C=O) groups excluding carboxylic acids is 1. The van der Waals surface area contributed by atoms with Crippen molar-refractivity contribution < 1.29 is 24.2 Å². The molecule has 6 nitrogen and oxygen atoms in total. The molecule has 1 atom stereocenters. The largest absolute Gasteiger partial charge is 0.493 e. The van der Waals surface area contributed by atoms with E-state index >= 15 is 0 Å². The van der Waals surface area contributed by atoms with E-state index in [9.17, 15) is 14.7 Å². The minimum atomic E-state index is -1.00. The Kier molecular flexibility index (Phi) is 4.76. The van der Waals surface area contributed by atoms with Crippen LogP contribution in [0.5, 0.6) is 5.75 Å². The fraction of sp³-hybridized carbons (Fsp3) is 0.556. The summed E-state index contributed by atoms with van der Waals surface area (Å²) in [6, 6.07) is 7.07. The number of ether oxygens (including phenoxy) is 2. The molecule has 0 aromatic heterocycles. The van der Waals surface area contributed by atoms with Crippen LogP contribution in [0.3, 0.4) is 0 Å². The number of amides is 1. The number of likely N-dealkylation sites (tertiary alicyclic amines) is 1. The molecule has 1 aliphatic heterocycles. The van der Waals surface area contributed by atoms with E-state index in [4.69, 9.17) is 9.47 Å². The Labute approximate surface area is 141 Å². The van der Waals surface area contributed by atoms with Crippen LogP contribution in [0.25, 0.3) is 0 Å². The van der Waals surface area contributed by atoms with E-state index in [2.05, 4.69) is 0 Å². The summed E-state index contributed by atoms with van der Waals surface area (Å²) in [4.78, 5) is 25.8. The zero-order valence-corrected chi connectivity index (χ0v) is 13.9. The van der Waals surface area contributed by atoms with Crippen LogP contribution in [0.2, 0.25) is 0 Å². The minimum Gasteiger partial charge on any atom is -0.493 e. The van der Waals surface area contributed by atoms with Crippen LogP contribution in [0.1, 0.15) is 29.6 Å². The molecule has 2 fully saturated rings. The SMILES string of the molecule is COCC1(C(=O)O)CCN(C(=O)c2ccc(OCC3CC3)cc2)C1. The molecule has 0 radical (unpaired) electrons. The second kappa shape index (κ2) is 6.81. The highest BCUT2D eigenvalue weighted by molar-refractivity contribution is 5.95. The lowest BCUT2D eigenvalue weighted by Crippen LogP contribution is -2.40. The zero-order chi connectivity index (χ0) is 17.2. The van der Waals surface area contributed by atoms with Crippen molar-refractivity contribution in [2.75, 3.05) is 33.4 Å². The van der Waals surface area contributed by atoms with Crippen molar-refractivity contribution in [3.05, 3.63) is 29.8 Å². The van der Waals surface area contributed by atoms with E-state index in [1.165, 1.54) is 20.0 Å². The van der Waals surface area contributed by atoms with Gasteiger partial charge in [0.25, 0.3) is 5.91 Å². The van der Waals surface area contributed by atoms with Crippen molar-refractivity contribution in [3.8, 4) is 5.75 Å². The van der Waals surface area contributed by atoms with Gasteiger partial charge in [0, 0.05) is 25.8 Å². The molecule has 1 aromatic rings. The summed E-state index contributed by atoms with van der Waals surface area (Å²) in [6.07, 6.45) is 2.88. The van der Waals surface area contributed by atoms with E-state index in [1.807, 2.05) is 0 Å². The summed E-state index contributed by atoms with van der Waals surface area (Å²) in [5.41, 5.74) is -0.454. The van der Waals surface area contributed by atoms with Gasteiger partial charge in [-0.15, -0.1) is 0 Å². The standard InChI is InChI=1S/C18H23NO5/c1-23-12-18(17(21)22)8-9-19(11-18)16(20)14-4-6-15(7-5-14)24-10-13-2-3-13/h4-7,13H,2-3,8-12H2,1H3,(H,21,22). The molecule has 0 bridgehead atoms. The zero-order valence-electron chi connectivity index (χ0n) is 13.9. The summed E-state index contributed by atoms with van der Waals surface area (Å²) in [7, 11) is 1.48. The Hall–Kier alpha value is -2.08. The molecule has 1 aliphatic carbocycles. The molecule has 1 heterocycles. The van der Waals surface area contributed by atoms with Gasteiger partial charge >= 0.3 is 5.97 Å². The third kappa shape index (κ3) is 3.53. The summed E-state index contributed by atoms with van der Waals surface area (Å²) >= 11 is 0. The molecular weight excluding hydrogens is 310 g/mol. The first-order chi connectivity index (χ1) is 11.5. The van der Waals surface area contributed by atoms with E-state index in [1.54, 1.807) is 29.2 Å². The molecule has 1 N–H and O–H groups in total. The Balaban J connectivity index is 1.62. The summed E-state index contributed by atoms with van der Waals surface area (Å²) < 4.78 is 10.7. The number of carbonyl (C=O) groups is 2. The van der Waals surface area contributed by atoms with Gasteiger partial charge in [-0.1, -0.05) is 0 Å². The van der Waals surface area contributed by atoms with E-state index in [-0.39, 0.29) is 19.1 Å². The number of nitrogens with zero attached hydrogens (tertiary/aromatic N) is 1. The number of rotatable bonds is 7. The molecule has 0 spiro atoms. The monoisotopic (exact) mass is 333 g/mol. The van der Waals surface area contributed by atoms with E-state index < -0.39 is 11.4 Å². The Morgan fingerprint density at radius 1 is 1.29 bits per heavy atom. The molecule has 1 aromatic carbocycles. The maximum absolute atomic E-state index is 12.6. The van der Waals surface area contributed by atoms with Crippen molar-refractivity contribution in [1.29, 1.82) is 0 Å². The highest BCUT2D eigenvalue weighted by Crippen LogP contribution is 2.32. The normalized spacial score (nSPS) is 23.3. The molecular formula is C18H23NO5. The van der Waals surface area contributed by atoms with Gasteiger partial charge in [-0.3, -0.25) is 9.59 Å². The van der Waals surface area contributed by atoms with Crippen LogP contribution in [0, 0.1) is 11.3 Å². The number of benzene rings is 1. The number of methoxy groups -OCH3 is 1. The lowest BCUT2D eigenvalue weighted by molar-refractivity contribution is -0.151. The van der Waals surface area contributed by atoms with Gasteiger partial charge in [-0.05, 0) is 49.4 Å². The van der Waals surface area contributed by atoms with Gasteiger partial charge in [0.2, 0.25) is 0 Å². The first-order valence-electron chi connectivity index (χ1n) is 8.28. The van der Waals surface area contributed by atoms with Gasteiger partial charge in [0.15, 0.2) is 0 Å². The molecule has 1 amide bonds. The van der Waals surface area contributed by atoms with Gasteiger partial charge in [0.05, 0.1) is 13.2 Å². The smallest absolute Gasteiger partial charge is 0.313 e. The lowest BCUT2D eigenvalue weighted by atomic mass is 9.88. The highest BCUT2D eigenvalue weighted by atomic mass is 16.5. The van der Waals surface area contributed by atoms with Crippen molar-refractivity contribution in [1.82, 2.24) is 4.90 Å². The van der Waals surface area contributed by atoms with Gasteiger partial charge in [-0.2, -0.15) is 0 Å². The molecule has 130 valence electrons. The average Bonchev–Trinajstić information content (AvgIpc) is 3.31. The molecule has 6 heteroatoms. The van der Waals surface area contributed by atoms with Crippen molar-refractivity contribution in [2.24, 2.45) is 11.3 Å². The average molecular weight is 333 g/mol. The fourth-order valence-corrected chi connectivity index (χ4v) is 3.05. The number of carboxylic acid groups (broad SMARTS) is 1. The Morgan fingerprint density at radius 3 is 2.58 bits per heavy atom. The fourth-order valence-electron chi connectivity index (χ4n) is 3.05. The van der Waals surface area contributed by atoms with E-state index in [0.717, 1.165) is 12.4 Å². The van der Waals surface area contributed by atoms with Crippen LogP contribution < -0.4 is 4.74 Å². The summed E-state index contributed by atoms with van der Waals surface area (Å²) in [6.45, 7) is 1.45. The van der Waals surface area contributed by atoms with Gasteiger partial charge in [0.1, 0.15) is 11.2 Å². The third-order valence-corrected chi connectivity index (χ3v) is 4.80. The first-order valence-corrected chi connectivity index (χ1v) is 8.28. The minimum absolute atomic E-state index is 0.111. The topological polar surface area (TPSA) is 76.1 Å². The van der Waals surface area contributed by atoms with Crippen LogP contribution >= 0.6 is 0 Å². The predicted octanol–water partition coefficient (Wildman–Crippen LogP) is 2.04. The van der Waals surface area contributed by atoms with Crippen molar-refractivity contribution in [3.63, 3.8) is 0 Å². The highest BCUT2D eigenvalue weighted by Gasteiger charge is 2.46. The second-order valence-corrected chi connectivity index (χ2v) is 6.77. The predicted molar refractivity (Wildman–Crippen MR) is 87.1 cm³/mol. The van der Waals surface area contributed by atoms with Crippen molar-refractivity contribution >= 4 is 11.9 Å². The van der Waals surface area contributed by atoms with Gasteiger partial charge < -0.3 is 19.5 Å².